The monoisotopic (exact) mass is 367 g/mol. The number of nitrogens with zero attached hydrogens (tertiary/aromatic N) is 3. The van der Waals surface area contributed by atoms with Crippen LogP contribution in [0.25, 0.3) is 0 Å². The first-order valence-corrected chi connectivity index (χ1v) is 10.3. The Morgan fingerprint density at radius 3 is 2.72 bits per heavy atom. The molecule has 2 atom stereocenters. The molecule has 2 unspecified atom stereocenters. The molecule has 7 heteroatoms. The number of aliphatic imine (C=N–C) groups is 1. The van der Waals surface area contributed by atoms with Crippen LogP contribution in [0, 0.1) is 0 Å². The summed E-state index contributed by atoms with van der Waals surface area (Å²) in [7, 11) is 0. The zero-order valence-electron chi connectivity index (χ0n) is 16.0. The summed E-state index contributed by atoms with van der Waals surface area (Å²) in [6.07, 6.45) is 4.77. The first kappa shape index (κ1) is 20.1. The van der Waals surface area contributed by atoms with Crippen LogP contribution in [-0.4, -0.2) is 60.8 Å². The fraction of sp³-hybridized carbons (Fsp3) is 0.778. The van der Waals surface area contributed by atoms with Gasteiger partial charge in [0.15, 0.2) is 5.96 Å². The zero-order chi connectivity index (χ0) is 18.1. The minimum absolute atomic E-state index is 0.335. The maximum atomic E-state index is 5.79. The van der Waals surface area contributed by atoms with Crippen LogP contribution in [-0.2, 0) is 17.7 Å². The maximum absolute atomic E-state index is 5.79. The summed E-state index contributed by atoms with van der Waals surface area (Å²) in [6, 6.07) is 0. The molecule has 1 aliphatic rings. The summed E-state index contributed by atoms with van der Waals surface area (Å²) >= 11 is 1.75. The zero-order valence-corrected chi connectivity index (χ0v) is 16.9. The van der Waals surface area contributed by atoms with E-state index in [1.165, 1.54) is 4.88 Å². The maximum Gasteiger partial charge on any atom is 0.191 e. The lowest BCUT2D eigenvalue weighted by Gasteiger charge is -2.35. The molecule has 0 radical (unpaired) electrons. The smallest absolute Gasteiger partial charge is 0.191 e. The largest absolute Gasteiger partial charge is 0.373 e. The summed E-state index contributed by atoms with van der Waals surface area (Å²) < 4.78 is 5.79. The van der Waals surface area contributed by atoms with E-state index in [2.05, 4.69) is 53.2 Å². The minimum atomic E-state index is 0.335. The van der Waals surface area contributed by atoms with E-state index in [4.69, 9.17) is 4.74 Å². The molecule has 2 N–H and O–H groups in total. The second-order valence-electron chi connectivity index (χ2n) is 6.57. The molecule has 0 bridgehead atoms. The van der Waals surface area contributed by atoms with Gasteiger partial charge in [-0.05, 0) is 33.6 Å². The molecule has 1 aliphatic heterocycles. The number of aryl methyl sites for hydroxylation is 1. The Balaban J connectivity index is 1.72. The van der Waals surface area contributed by atoms with Crippen LogP contribution in [0.2, 0.25) is 0 Å². The number of hydrogen-bond donors (Lipinski definition) is 2. The quantitative estimate of drug-likeness (QED) is 0.419. The van der Waals surface area contributed by atoms with Crippen molar-refractivity contribution in [3.63, 3.8) is 0 Å². The summed E-state index contributed by atoms with van der Waals surface area (Å²) in [5.41, 5.74) is 0. The van der Waals surface area contributed by atoms with E-state index in [0.717, 1.165) is 56.5 Å². The Hall–Kier alpha value is -1.18. The molecule has 6 nitrogen and oxygen atoms in total. The molecule has 0 spiro atoms. The number of guanidine groups is 1. The van der Waals surface area contributed by atoms with E-state index >= 15 is 0 Å². The Morgan fingerprint density at radius 1 is 1.32 bits per heavy atom. The molecule has 2 rings (SSSR count). The van der Waals surface area contributed by atoms with Crippen molar-refractivity contribution in [3.05, 3.63) is 16.1 Å². The third-order valence-corrected chi connectivity index (χ3v) is 5.23. The Bertz CT molecular complexity index is 523. The topological polar surface area (TPSA) is 61.8 Å². The Morgan fingerprint density at radius 2 is 2.08 bits per heavy atom. The van der Waals surface area contributed by atoms with Gasteiger partial charge in [-0.3, -0.25) is 4.90 Å². The van der Waals surface area contributed by atoms with Gasteiger partial charge in [0.1, 0.15) is 5.01 Å². The van der Waals surface area contributed by atoms with Gasteiger partial charge in [-0.25, -0.2) is 9.98 Å². The standard InChI is InChI=1S/C18H33N5OS/c1-5-16-10-21-17(25-16)11-22-18(19-6-2)20-8-7-9-23-12-14(3)24-15(4)13-23/h10,14-15H,5-9,11-13H2,1-4H3,(H2,19,20,22). The number of thiazole rings is 1. The fourth-order valence-corrected chi connectivity index (χ4v) is 3.84. The molecule has 142 valence electrons. The van der Waals surface area contributed by atoms with Crippen molar-refractivity contribution in [2.75, 3.05) is 32.7 Å². The van der Waals surface area contributed by atoms with Crippen molar-refractivity contribution < 1.29 is 4.74 Å². The summed E-state index contributed by atoms with van der Waals surface area (Å²) in [5, 5.41) is 7.81. The Kier molecular flexibility index (Phi) is 8.64. The minimum Gasteiger partial charge on any atom is -0.373 e. The fourth-order valence-electron chi connectivity index (χ4n) is 3.05. The molecule has 0 aliphatic carbocycles. The van der Waals surface area contributed by atoms with Crippen LogP contribution in [0.4, 0.5) is 0 Å². The van der Waals surface area contributed by atoms with Crippen LogP contribution in [0.1, 0.15) is 44.0 Å². The van der Waals surface area contributed by atoms with Gasteiger partial charge in [-0.1, -0.05) is 6.92 Å². The molecule has 2 heterocycles. The lowest BCUT2D eigenvalue weighted by atomic mass is 10.2. The first-order valence-electron chi connectivity index (χ1n) is 9.44. The van der Waals surface area contributed by atoms with E-state index in [0.29, 0.717) is 18.8 Å². The average Bonchev–Trinajstić information content (AvgIpc) is 3.03. The third kappa shape index (κ3) is 7.30. The number of nitrogens with one attached hydrogen (secondary N) is 2. The van der Waals surface area contributed by atoms with Gasteiger partial charge in [0.05, 0.1) is 18.8 Å². The molecule has 1 fully saturated rings. The Labute approximate surface area is 156 Å². The predicted molar refractivity (Wildman–Crippen MR) is 105 cm³/mol. The summed E-state index contributed by atoms with van der Waals surface area (Å²) in [5.74, 6) is 0.875. The SMILES string of the molecule is CCNC(=NCc1ncc(CC)s1)NCCCN1CC(C)OC(C)C1. The number of rotatable bonds is 8. The van der Waals surface area contributed by atoms with E-state index in [1.54, 1.807) is 11.3 Å². The molecule has 0 amide bonds. The van der Waals surface area contributed by atoms with E-state index in [9.17, 15) is 0 Å². The number of aromatic nitrogens is 1. The number of ether oxygens (including phenoxy) is 1. The highest BCUT2D eigenvalue weighted by atomic mass is 32.1. The molecular formula is C18H33N5OS. The highest BCUT2D eigenvalue weighted by Crippen LogP contribution is 2.14. The van der Waals surface area contributed by atoms with Crippen LogP contribution >= 0.6 is 11.3 Å². The second kappa shape index (κ2) is 10.7. The van der Waals surface area contributed by atoms with Gasteiger partial charge >= 0.3 is 0 Å². The van der Waals surface area contributed by atoms with E-state index < -0.39 is 0 Å². The van der Waals surface area contributed by atoms with Gasteiger partial charge in [-0.2, -0.15) is 0 Å². The molecule has 0 aromatic carbocycles. The van der Waals surface area contributed by atoms with Crippen molar-refractivity contribution in [3.8, 4) is 0 Å². The highest BCUT2D eigenvalue weighted by molar-refractivity contribution is 7.11. The summed E-state index contributed by atoms with van der Waals surface area (Å²) in [4.78, 5) is 12.9. The van der Waals surface area contributed by atoms with Crippen LogP contribution in [0.5, 0.6) is 0 Å². The van der Waals surface area contributed by atoms with Gasteiger partial charge in [0.2, 0.25) is 0 Å². The molecule has 1 saturated heterocycles. The third-order valence-electron chi connectivity index (χ3n) is 4.11. The second-order valence-corrected chi connectivity index (χ2v) is 7.77. The van der Waals surface area contributed by atoms with Gasteiger partial charge < -0.3 is 15.4 Å². The predicted octanol–water partition coefficient (Wildman–Crippen LogP) is 2.26. The molecule has 1 aromatic rings. The first-order chi connectivity index (χ1) is 12.1. The van der Waals surface area contributed by atoms with Crippen LogP contribution in [0.15, 0.2) is 11.2 Å². The average molecular weight is 368 g/mol. The van der Waals surface area contributed by atoms with Gasteiger partial charge in [-0.15, -0.1) is 11.3 Å². The van der Waals surface area contributed by atoms with Crippen molar-refractivity contribution >= 4 is 17.3 Å². The lowest BCUT2D eigenvalue weighted by Crippen LogP contribution is -2.46. The lowest BCUT2D eigenvalue weighted by molar-refractivity contribution is -0.0679. The van der Waals surface area contributed by atoms with E-state index in [-0.39, 0.29) is 0 Å². The molecule has 0 saturated carbocycles. The van der Waals surface area contributed by atoms with Crippen molar-refractivity contribution in [2.45, 2.75) is 59.3 Å². The van der Waals surface area contributed by atoms with Crippen LogP contribution in [0.3, 0.4) is 0 Å². The molecule has 1 aromatic heterocycles. The highest BCUT2D eigenvalue weighted by Gasteiger charge is 2.21. The summed E-state index contributed by atoms with van der Waals surface area (Å²) in [6.45, 7) is 14.1. The molecule has 25 heavy (non-hydrogen) atoms. The number of hydrogen-bond acceptors (Lipinski definition) is 5. The van der Waals surface area contributed by atoms with E-state index in [1.807, 2.05) is 6.20 Å². The van der Waals surface area contributed by atoms with Crippen molar-refractivity contribution in [1.29, 1.82) is 0 Å². The van der Waals surface area contributed by atoms with Gasteiger partial charge in [0, 0.05) is 43.8 Å². The molecular weight excluding hydrogens is 334 g/mol. The van der Waals surface area contributed by atoms with Gasteiger partial charge in [0.25, 0.3) is 0 Å². The van der Waals surface area contributed by atoms with Crippen molar-refractivity contribution in [1.82, 2.24) is 20.5 Å². The number of morpholine rings is 1. The van der Waals surface area contributed by atoms with Crippen molar-refractivity contribution in [2.24, 2.45) is 4.99 Å². The normalized spacial score (nSPS) is 22.2. The van der Waals surface area contributed by atoms with Crippen LogP contribution < -0.4 is 10.6 Å².